The van der Waals surface area contributed by atoms with E-state index in [1.54, 1.807) is 12.1 Å². The van der Waals surface area contributed by atoms with Crippen LogP contribution in [0.4, 0.5) is 5.69 Å². The molecular formula is C14H18ClNO4. The lowest BCUT2D eigenvalue weighted by Gasteiger charge is -2.19. The van der Waals surface area contributed by atoms with Crippen LogP contribution in [0.1, 0.15) is 31.1 Å². The number of carbonyl (C=O) groups is 2. The van der Waals surface area contributed by atoms with Crippen LogP contribution in [0, 0.1) is 0 Å². The van der Waals surface area contributed by atoms with Crippen LogP contribution in [0.25, 0.3) is 0 Å². The Kier molecular flexibility index (Phi) is 5.53. The van der Waals surface area contributed by atoms with E-state index < -0.39 is 11.6 Å². The summed E-state index contributed by atoms with van der Waals surface area (Å²) in [6, 6.07) is 4.56. The number of carbonyl (C=O) groups excluding carboxylic acids is 2. The number of hydrogen-bond acceptors (Lipinski definition) is 4. The molecule has 0 saturated carbocycles. The first-order chi connectivity index (χ1) is 9.23. The van der Waals surface area contributed by atoms with Crippen LogP contribution < -0.4 is 5.32 Å². The van der Waals surface area contributed by atoms with E-state index in [2.05, 4.69) is 10.1 Å². The Bertz CT molecular complexity index is 508. The van der Waals surface area contributed by atoms with Crippen LogP contribution in [0.2, 0.25) is 5.02 Å². The molecule has 1 rings (SSSR count). The number of amides is 1. The fraction of sp³-hybridized carbons (Fsp3) is 0.429. The summed E-state index contributed by atoms with van der Waals surface area (Å²) in [6.07, 6.45) is 0. The highest BCUT2D eigenvalue weighted by molar-refractivity contribution is 6.31. The first kappa shape index (κ1) is 16.5. The normalized spacial score (nSPS) is 11.1. The topological polar surface area (TPSA) is 64.6 Å². The van der Waals surface area contributed by atoms with Gasteiger partial charge in [-0.3, -0.25) is 4.79 Å². The van der Waals surface area contributed by atoms with Gasteiger partial charge in [0.25, 0.3) is 0 Å². The molecule has 0 heterocycles. The zero-order chi connectivity index (χ0) is 15.3. The lowest BCUT2D eigenvalue weighted by molar-refractivity contribution is -0.125. The molecule has 1 amide bonds. The molecule has 0 aromatic heterocycles. The molecule has 0 bridgehead atoms. The Morgan fingerprint density at radius 1 is 1.30 bits per heavy atom. The highest BCUT2D eigenvalue weighted by Gasteiger charge is 2.17. The molecule has 110 valence electrons. The zero-order valence-corrected chi connectivity index (χ0v) is 12.7. The molecule has 0 aliphatic carbocycles. The number of nitrogens with one attached hydrogen (secondary N) is 1. The minimum Gasteiger partial charge on any atom is -0.465 e. The second-order valence-electron chi connectivity index (χ2n) is 5.13. The molecule has 0 spiro atoms. The first-order valence-corrected chi connectivity index (χ1v) is 6.42. The van der Waals surface area contributed by atoms with Gasteiger partial charge in [-0.15, -0.1) is 0 Å². The van der Waals surface area contributed by atoms with Crippen molar-refractivity contribution in [1.82, 2.24) is 0 Å². The lowest BCUT2D eigenvalue weighted by atomic mass is 10.1. The third kappa shape index (κ3) is 5.19. The maximum absolute atomic E-state index is 11.8. The number of benzene rings is 1. The highest BCUT2D eigenvalue weighted by Crippen LogP contribution is 2.21. The van der Waals surface area contributed by atoms with Crippen molar-refractivity contribution < 1.29 is 19.1 Å². The van der Waals surface area contributed by atoms with Crippen LogP contribution in [0.5, 0.6) is 0 Å². The molecular weight excluding hydrogens is 282 g/mol. The van der Waals surface area contributed by atoms with E-state index in [9.17, 15) is 9.59 Å². The predicted molar refractivity (Wildman–Crippen MR) is 77.1 cm³/mol. The first-order valence-electron chi connectivity index (χ1n) is 6.04. The van der Waals surface area contributed by atoms with Crippen LogP contribution in [0.3, 0.4) is 0 Å². The van der Waals surface area contributed by atoms with E-state index >= 15 is 0 Å². The van der Waals surface area contributed by atoms with Crippen molar-refractivity contribution in [2.75, 3.05) is 19.0 Å². The predicted octanol–water partition coefficient (Wildman–Crippen LogP) is 2.88. The van der Waals surface area contributed by atoms with Crippen molar-refractivity contribution in [3.63, 3.8) is 0 Å². The van der Waals surface area contributed by atoms with E-state index in [0.717, 1.165) is 0 Å². The molecule has 1 aromatic rings. The number of halogens is 1. The monoisotopic (exact) mass is 299 g/mol. The fourth-order valence-corrected chi connectivity index (χ4v) is 1.54. The SMILES string of the molecule is COC(=O)c1cc(Cl)ccc1NC(=O)COC(C)(C)C. The van der Waals surface area contributed by atoms with Gasteiger partial charge in [0.05, 0.1) is 24.0 Å². The van der Waals surface area contributed by atoms with Gasteiger partial charge in [0, 0.05) is 5.02 Å². The van der Waals surface area contributed by atoms with E-state index in [1.165, 1.54) is 13.2 Å². The van der Waals surface area contributed by atoms with Gasteiger partial charge in [-0.25, -0.2) is 4.79 Å². The number of anilines is 1. The summed E-state index contributed by atoms with van der Waals surface area (Å²) in [7, 11) is 1.26. The maximum Gasteiger partial charge on any atom is 0.340 e. The summed E-state index contributed by atoms with van der Waals surface area (Å²) in [4.78, 5) is 23.4. The second kappa shape index (κ2) is 6.72. The average Bonchev–Trinajstić information content (AvgIpc) is 2.37. The second-order valence-corrected chi connectivity index (χ2v) is 5.57. The van der Waals surface area contributed by atoms with E-state index in [0.29, 0.717) is 10.7 Å². The number of hydrogen-bond donors (Lipinski definition) is 1. The van der Waals surface area contributed by atoms with Gasteiger partial charge in [-0.2, -0.15) is 0 Å². The molecule has 0 fully saturated rings. The van der Waals surface area contributed by atoms with Crippen LogP contribution in [0.15, 0.2) is 18.2 Å². The summed E-state index contributed by atoms with van der Waals surface area (Å²) in [5.74, 6) is -0.924. The van der Waals surface area contributed by atoms with Crippen molar-refractivity contribution in [2.24, 2.45) is 0 Å². The van der Waals surface area contributed by atoms with Crippen molar-refractivity contribution in [3.8, 4) is 0 Å². The van der Waals surface area contributed by atoms with Gasteiger partial charge in [-0.05, 0) is 39.0 Å². The summed E-state index contributed by atoms with van der Waals surface area (Å²) in [5, 5.41) is 2.99. The van der Waals surface area contributed by atoms with Crippen molar-refractivity contribution in [2.45, 2.75) is 26.4 Å². The number of ether oxygens (including phenoxy) is 2. The van der Waals surface area contributed by atoms with E-state index in [-0.39, 0.29) is 18.1 Å². The summed E-state index contributed by atoms with van der Waals surface area (Å²) >= 11 is 5.83. The van der Waals surface area contributed by atoms with Crippen molar-refractivity contribution in [1.29, 1.82) is 0 Å². The van der Waals surface area contributed by atoms with Crippen LogP contribution in [-0.2, 0) is 14.3 Å². The summed E-state index contributed by atoms with van der Waals surface area (Å²) < 4.78 is 10.0. The van der Waals surface area contributed by atoms with Crippen molar-refractivity contribution in [3.05, 3.63) is 28.8 Å². The molecule has 0 atom stereocenters. The third-order valence-electron chi connectivity index (χ3n) is 2.30. The van der Waals surface area contributed by atoms with Gasteiger partial charge in [-0.1, -0.05) is 11.6 Å². The smallest absolute Gasteiger partial charge is 0.340 e. The van der Waals surface area contributed by atoms with Gasteiger partial charge in [0.1, 0.15) is 6.61 Å². The molecule has 5 nitrogen and oxygen atoms in total. The van der Waals surface area contributed by atoms with E-state index in [1.807, 2.05) is 20.8 Å². The van der Waals surface area contributed by atoms with Crippen LogP contribution in [-0.4, -0.2) is 31.2 Å². The average molecular weight is 300 g/mol. The maximum atomic E-state index is 11.8. The Balaban J connectivity index is 2.82. The molecule has 0 radical (unpaired) electrons. The number of esters is 1. The van der Waals surface area contributed by atoms with E-state index in [4.69, 9.17) is 16.3 Å². The van der Waals surface area contributed by atoms with Crippen LogP contribution >= 0.6 is 11.6 Å². The Morgan fingerprint density at radius 2 is 1.95 bits per heavy atom. The molecule has 20 heavy (non-hydrogen) atoms. The molecule has 0 aliphatic rings. The third-order valence-corrected chi connectivity index (χ3v) is 2.53. The minimum atomic E-state index is -0.570. The quantitative estimate of drug-likeness (QED) is 0.868. The van der Waals surface area contributed by atoms with Crippen molar-refractivity contribution >= 4 is 29.2 Å². The Morgan fingerprint density at radius 3 is 2.50 bits per heavy atom. The fourth-order valence-electron chi connectivity index (χ4n) is 1.37. The molecule has 0 unspecified atom stereocenters. The van der Waals surface area contributed by atoms with Gasteiger partial charge in [0.15, 0.2) is 0 Å². The van der Waals surface area contributed by atoms with Gasteiger partial charge in [0.2, 0.25) is 5.91 Å². The molecule has 1 aromatic carbocycles. The molecule has 6 heteroatoms. The van der Waals surface area contributed by atoms with Gasteiger partial charge >= 0.3 is 5.97 Å². The lowest BCUT2D eigenvalue weighted by Crippen LogP contribution is -2.27. The highest BCUT2D eigenvalue weighted by atomic mass is 35.5. The molecule has 0 aliphatic heterocycles. The Hall–Kier alpha value is -1.59. The zero-order valence-electron chi connectivity index (χ0n) is 12.0. The summed E-state index contributed by atoms with van der Waals surface area (Å²) in [5.41, 5.74) is 0.121. The summed E-state index contributed by atoms with van der Waals surface area (Å²) in [6.45, 7) is 5.44. The largest absolute Gasteiger partial charge is 0.465 e. The molecule has 0 saturated heterocycles. The number of methoxy groups -OCH3 is 1. The standard InChI is InChI=1S/C14H18ClNO4/c1-14(2,3)20-8-12(17)16-11-6-5-9(15)7-10(11)13(18)19-4/h5-7H,8H2,1-4H3,(H,16,17). The number of rotatable bonds is 4. The minimum absolute atomic E-state index is 0.104. The molecule has 1 N–H and O–H groups in total. The Labute approximate surface area is 123 Å². The van der Waals surface area contributed by atoms with Gasteiger partial charge < -0.3 is 14.8 Å².